The summed E-state index contributed by atoms with van der Waals surface area (Å²) in [6.07, 6.45) is 1.16. The lowest BCUT2D eigenvalue weighted by Gasteiger charge is -2.17. The quantitative estimate of drug-likeness (QED) is 0.656. The summed E-state index contributed by atoms with van der Waals surface area (Å²) in [5.74, 6) is 0.785. The van der Waals surface area contributed by atoms with Gasteiger partial charge < -0.3 is 19.1 Å². The van der Waals surface area contributed by atoms with Crippen LogP contribution in [-0.4, -0.2) is 41.1 Å². The summed E-state index contributed by atoms with van der Waals surface area (Å²) in [6.45, 7) is 5.22. The molecule has 1 atom stereocenters. The smallest absolute Gasteiger partial charge is 0.128 e. The molecule has 0 aliphatic rings. The Morgan fingerprint density at radius 3 is 2.63 bits per heavy atom. The maximum Gasteiger partial charge on any atom is 0.128 e. The van der Waals surface area contributed by atoms with E-state index in [1.807, 2.05) is 60.9 Å². The first-order valence-electron chi connectivity index (χ1n) is 9.15. The molecule has 2 aromatic carbocycles. The lowest BCUT2D eigenvalue weighted by atomic mass is 10.0. The van der Waals surface area contributed by atoms with Crippen LogP contribution in [0.5, 0.6) is 5.75 Å². The molecule has 0 saturated heterocycles. The highest BCUT2D eigenvalue weighted by Gasteiger charge is 2.20. The van der Waals surface area contributed by atoms with Crippen LogP contribution >= 0.6 is 0 Å². The molecule has 0 aliphatic heterocycles. The van der Waals surface area contributed by atoms with Crippen molar-refractivity contribution >= 4 is 0 Å². The second kappa shape index (κ2) is 8.84. The number of hydrogen-bond acceptors (Lipinski definition) is 4. The molecule has 0 aliphatic carbocycles. The van der Waals surface area contributed by atoms with E-state index in [2.05, 4.69) is 11.1 Å². The number of aliphatic hydroxyl groups is 1. The van der Waals surface area contributed by atoms with Gasteiger partial charge >= 0.3 is 0 Å². The summed E-state index contributed by atoms with van der Waals surface area (Å²) < 4.78 is 13.0. The fourth-order valence-corrected chi connectivity index (χ4v) is 3.14. The van der Waals surface area contributed by atoms with Gasteiger partial charge in [0, 0.05) is 17.7 Å². The topological polar surface area (TPSA) is 56.5 Å². The summed E-state index contributed by atoms with van der Waals surface area (Å²) in [5, 5.41) is 10.4. The zero-order valence-electron chi connectivity index (χ0n) is 16.1. The lowest BCUT2D eigenvalue weighted by molar-refractivity contribution is 0.0337. The molecule has 142 valence electrons. The Labute approximate surface area is 160 Å². The molecule has 3 rings (SSSR count). The Morgan fingerprint density at radius 1 is 1.15 bits per heavy atom. The van der Waals surface area contributed by atoms with Crippen molar-refractivity contribution in [3.8, 4) is 28.3 Å². The summed E-state index contributed by atoms with van der Waals surface area (Å²) >= 11 is 0. The molecule has 0 amide bonds. The van der Waals surface area contributed by atoms with E-state index in [0.29, 0.717) is 19.8 Å². The Morgan fingerprint density at radius 2 is 1.93 bits per heavy atom. The third kappa shape index (κ3) is 4.38. The van der Waals surface area contributed by atoms with Gasteiger partial charge in [0.15, 0.2) is 0 Å². The normalized spacial score (nSPS) is 12.1. The van der Waals surface area contributed by atoms with E-state index in [0.717, 1.165) is 33.8 Å². The highest BCUT2D eigenvalue weighted by Crippen LogP contribution is 2.37. The number of hydrogen-bond donors (Lipinski definition) is 1. The van der Waals surface area contributed by atoms with Crippen LogP contribution in [0, 0.1) is 6.92 Å². The minimum atomic E-state index is -0.613. The van der Waals surface area contributed by atoms with E-state index in [1.165, 1.54) is 0 Å². The molecular formula is C22H26N2O3. The predicted molar refractivity (Wildman–Crippen MR) is 107 cm³/mol. The van der Waals surface area contributed by atoms with E-state index in [4.69, 9.17) is 9.47 Å². The van der Waals surface area contributed by atoms with Gasteiger partial charge in [0.05, 0.1) is 44.1 Å². The second-order valence-electron chi connectivity index (χ2n) is 6.48. The second-order valence-corrected chi connectivity index (χ2v) is 6.48. The SMILES string of the molecule is CCOC[C@H](O)Cn1cnc(-c2ccccc2)c1-c1ccc(C)cc1OC. The molecule has 0 spiro atoms. The molecular weight excluding hydrogens is 340 g/mol. The van der Waals surface area contributed by atoms with Gasteiger partial charge in [-0.2, -0.15) is 0 Å². The molecule has 1 heterocycles. The maximum absolute atomic E-state index is 10.4. The Kier molecular flexibility index (Phi) is 6.27. The molecule has 0 fully saturated rings. The highest BCUT2D eigenvalue weighted by molar-refractivity contribution is 5.82. The summed E-state index contributed by atoms with van der Waals surface area (Å²) in [4.78, 5) is 4.65. The van der Waals surface area contributed by atoms with Crippen molar-refractivity contribution in [1.29, 1.82) is 0 Å². The number of benzene rings is 2. The van der Waals surface area contributed by atoms with Crippen LogP contribution < -0.4 is 4.74 Å². The Bertz CT molecular complexity index is 875. The van der Waals surface area contributed by atoms with Gasteiger partial charge in [0.2, 0.25) is 0 Å². The van der Waals surface area contributed by atoms with Gasteiger partial charge in [-0.25, -0.2) is 4.98 Å². The molecule has 5 heteroatoms. The third-order valence-corrected chi connectivity index (χ3v) is 4.42. The van der Waals surface area contributed by atoms with E-state index < -0.39 is 6.10 Å². The van der Waals surface area contributed by atoms with Crippen LogP contribution in [0.1, 0.15) is 12.5 Å². The van der Waals surface area contributed by atoms with Crippen molar-refractivity contribution in [2.75, 3.05) is 20.3 Å². The van der Waals surface area contributed by atoms with Gasteiger partial charge in [0.1, 0.15) is 5.75 Å². The maximum atomic E-state index is 10.4. The van der Waals surface area contributed by atoms with Gasteiger partial charge in [0.25, 0.3) is 0 Å². The van der Waals surface area contributed by atoms with E-state index in [9.17, 15) is 5.11 Å². The molecule has 0 saturated carbocycles. The zero-order valence-corrected chi connectivity index (χ0v) is 16.1. The number of rotatable bonds is 8. The Balaban J connectivity index is 2.09. The number of ether oxygens (including phenoxy) is 2. The number of nitrogens with zero attached hydrogens (tertiary/aromatic N) is 2. The van der Waals surface area contributed by atoms with Crippen LogP contribution in [0.25, 0.3) is 22.5 Å². The highest BCUT2D eigenvalue weighted by atomic mass is 16.5. The lowest BCUT2D eigenvalue weighted by Crippen LogP contribution is -2.22. The molecule has 27 heavy (non-hydrogen) atoms. The number of methoxy groups -OCH3 is 1. The van der Waals surface area contributed by atoms with Crippen LogP contribution in [0.3, 0.4) is 0 Å². The van der Waals surface area contributed by atoms with Crippen molar-refractivity contribution in [2.24, 2.45) is 0 Å². The van der Waals surface area contributed by atoms with Crippen molar-refractivity contribution in [2.45, 2.75) is 26.5 Å². The van der Waals surface area contributed by atoms with Gasteiger partial charge in [-0.15, -0.1) is 0 Å². The minimum absolute atomic E-state index is 0.291. The van der Waals surface area contributed by atoms with Gasteiger partial charge in [-0.1, -0.05) is 36.4 Å². The van der Waals surface area contributed by atoms with Crippen molar-refractivity contribution in [3.63, 3.8) is 0 Å². The summed E-state index contributed by atoms with van der Waals surface area (Å²) in [6, 6.07) is 16.2. The van der Waals surface area contributed by atoms with Crippen molar-refractivity contribution in [3.05, 3.63) is 60.4 Å². The van der Waals surface area contributed by atoms with E-state index in [1.54, 1.807) is 13.4 Å². The number of imidazole rings is 1. The molecule has 1 N–H and O–H groups in total. The number of aryl methyl sites for hydroxylation is 1. The van der Waals surface area contributed by atoms with Crippen molar-refractivity contribution < 1.29 is 14.6 Å². The van der Waals surface area contributed by atoms with E-state index in [-0.39, 0.29) is 0 Å². The molecule has 1 aromatic heterocycles. The van der Waals surface area contributed by atoms with Crippen LogP contribution in [0.2, 0.25) is 0 Å². The summed E-state index contributed by atoms with van der Waals surface area (Å²) in [7, 11) is 1.67. The van der Waals surface area contributed by atoms with Gasteiger partial charge in [-0.3, -0.25) is 0 Å². The van der Waals surface area contributed by atoms with Crippen LogP contribution in [0.15, 0.2) is 54.9 Å². The number of aliphatic hydroxyl groups excluding tert-OH is 1. The average Bonchev–Trinajstić information content (AvgIpc) is 3.10. The predicted octanol–water partition coefficient (Wildman–Crippen LogP) is 3.93. The molecule has 5 nitrogen and oxygen atoms in total. The van der Waals surface area contributed by atoms with Crippen molar-refractivity contribution in [1.82, 2.24) is 9.55 Å². The molecule has 0 radical (unpaired) electrons. The molecule has 3 aromatic rings. The molecule has 0 unspecified atom stereocenters. The minimum Gasteiger partial charge on any atom is -0.496 e. The first kappa shape index (κ1) is 19.1. The van der Waals surface area contributed by atoms with Gasteiger partial charge in [-0.05, 0) is 31.5 Å². The standard InChI is InChI=1S/C22H26N2O3/c1-4-27-14-18(25)13-24-15-23-21(17-8-6-5-7-9-17)22(24)19-11-10-16(2)12-20(19)26-3/h5-12,15,18,25H,4,13-14H2,1-3H3/t18-/m1/s1. The largest absolute Gasteiger partial charge is 0.496 e. The first-order valence-corrected chi connectivity index (χ1v) is 9.15. The average molecular weight is 366 g/mol. The first-order chi connectivity index (χ1) is 13.1. The number of aromatic nitrogens is 2. The molecule has 0 bridgehead atoms. The summed E-state index contributed by atoms with van der Waals surface area (Å²) in [5.41, 5.74) is 4.88. The van der Waals surface area contributed by atoms with E-state index >= 15 is 0 Å². The Hall–Kier alpha value is -2.63. The fraction of sp³-hybridized carbons (Fsp3) is 0.318. The van der Waals surface area contributed by atoms with Crippen LogP contribution in [-0.2, 0) is 11.3 Å². The third-order valence-electron chi connectivity index (χ3n) is 4.42. The van der Waals surface area contributed by atoms with Crippen LogP contribution in [0.4, 0.5) is 0 Å². The fourth-order valence-electron chi connectivity index (χ4n) is 3.14. The zero-order chi connectivity index (χ0) is 19.2. The monoisotopic (exact) mass is 366 g/mol.